The van der Waals surface area contributed by atoms with Crippen molar-refractivity contribution < 1.29 is 38.5 Å². The van der Waals surface area contributed by atoms with Crippen LogP contribution in [0.4, 0.5) is 5.69 Å². The molecule has 0 aromatic heterocycles. The molecule has 12 heteroatoms. The highest BCUT2D eigenvalue weighted by Crippen LogP contribution is 2.43. The predicted octanol–water partition coefficient (Wildman–Crippen LogP) is 5.84. The van der Waals surface area contributed by atoms with Gasteiger partial charge in [-0.3, -0.25) is 9.59 Å². The van der Waals surface area contributed by atoms with Crippen molar-refractivity contribution in [2.75, 3.05) is 70.6 Å². The van der Waals surface area contributed by atoms with Crippen LogP contribution >= 0.6 is 0 Å². The SMILES string of the molecule is CCN(CC(=O)NCCOCCOCCNC(=O)/C=C/c1ccc(O)cc1)c1cc2oc3cc(=[N+](CC)CC)c(C)cc-3c(-c3ccccc3C(=O)O)c2cc1C. The Morgan fingerprint density at radius 3 is 2.18 bits per heavy atom. The molecule has 0 spiro atoms. The summed E-state index contributed by atoms with van der Waals surface area (Å²) in [4.78, 5) is 39.5. The number of likely N-dealkylation sites (N-methyl/N-ethyl adjacent to an activating group) is 1. The Bertz CT molecular complexity index is 2250. The molecule has 1 aliphatic heterocycles. The summed E-state index contributed by atoms with van der Waals surface area (Å²) in [7, 11) is 0. The Labute approximate surface area is 333 Å². The smallest absolute Gasteiger partial charge is 0.336 e. The quantitative estimate of drug-likeness (QED) is 0.0351. The number of nitrogens with one attached hydrogen (secondary N) is 2. The predicted molar refractivity (Wildman–Crippen MR) is 224 cm³/mol. The summed E-state index contributed by atoms with van der Waals surface area (Å²) in [6.45, 7) is 14.6. The van der Waals surface area contributed by atoms with Crippen molar-refractivity contribution in [2.24, 2.45) is 0 Å². The van der Waals surface area contributed by atoms with E-state index in [-0.39, 0.29) is 29.7 Å². The lowest BCUT2D eigenvalue weighted by Crippen LogP contribution is -2.38. The Morgan fingerprint density at radius 1 is 0.825 bits per heavy atom. The molecule has 0 unspecified atom stereocenters. The van der Waals surface area contributed by atoms with Gasteiger partial charge in [0.05, 0.1) is 44.6 Å². The fourth-order valence-corrected chi connectivity index (χ4v) is 6.85. The lowest BCUT2D eigenvalue weighted by molar-refractivity contribution is -0.120. The van der Waals surface area contributed by atoms with Crippen LogP contribution in [0.15, 0.2) is 83.3 Å². The number of ether oxygens (including phenoxy) is 2. The molecule has 1 heterocycles. The van der Waals surface area contributed by atoms with Gasteiger partial charge in [-0.25, -0.2) is 9.37 Å². The molecule has 0 fully saturated rings. The normalized spacial score (nSPS) is 11.3. The maximum atomic E-state index is 13.1. The van der Waals surface area contributed by atoms with Crippen LogP contribution < -0.4 is 25.5 Å². The van der Waals surface area contributed by atoms with Gasteiger partial charge in [-0.05, 0) is 87.7 Å². The molecule has 0 saturated heterocycles. The molecule has 0 saturated carbocycles. The number of hydrogen-bond acceptors (Lipinski definition) is 8. The van der Waals surface area contributed by atoms with Crippen LogP contribution in [0.5, 0.6) is 5.75 Å². The molecular weight excluding hydrogens is 725 g/mol. The standard InChI is InChI=1S/C45H52N4O8/c1-6-48(7-2)38-27-40-36(25-30(38)4)44(34-11-9-10-12-35(34)45(53)54)37-26-31(5)39(28-41(37)57-40)49(8-3)29-43(52)47-20-22-56-24-23-55-21-19-46-42(51)18-15-32-13-16-33(50)17-14-32/h9-18,25-28H,6-8,19-24,29H2,1-5H3,(H3-,46,47,50,51,52,53,54)/p+1. The number of carbonyl (C=O) groups is 3. The third-order valence-corrected chi connectivity index (χ3v) is 9.75. The number of anilines is 1. The number of rotatable bonds is 19. The van der Waals surface area contributed by atoms with Crippen molar-refractivity contribution in [1.29, 1.82) is 0 Å². The number of aromatic carboxylic acids is 1. The van der Waals surface area contributed by atoms with Gasteiger partial charge in [-0.15, -0.1) is 0 Å². The van der Waals surface area contributed by atoms with Crippen molar-refractivity contribution >= 4 is 40.5 Å². The van der Waals surface area contributed by atoms with E-state index >= 15 is 0 Å². The van der Waals surface area contributed by atoms with Crippen molar-refractivity contribution in [3.8, 4) is 28.2 Å². The molecule has 12 nitrogen and oxygen atoms in total. The molecule has 57 heavy (non-hydrogen) atoms. The fraction of sp³-hybridized carbons (Fsp3) is 0.333. The van der Waals surface area contributed by atoms with Crippen LogP contribution in [0, 0.1) is 13.8 Å². The first kappa shape index (κ1) is 42.2. The summed E-state index contributed by atoms with van der Waals surface area (Å²) >= 11 is 0. The number of phenolic OH excluding ortho intramolecular Hbond substituents is 1. The van der Waals surface area contributed by atoms with Gasteiger partial charge in [0.2, 0.25) is 17.2 Å². The topological polar surface area (TPSA) is 154 Å². The average molecular weight is 778 g/mol. The minimum absolute atomic E-state index is 0.120. The van der Waals surface area contributed by atoms with E-state index in [0.717, 1.165) is 57.3 Å². The van der Waals surface area contributed by atoms with Crippen molar-refractivity contribution in [3.05, 3.63) is 106 Å². The molecule has 0 bridgehead atoms. The van der Waals surface area contributed by atoms with E-state index in [1.165, 1.54) is 6.08 Å². The number of carboxylic acids is 1. The fourth-order valence-electron chi connectivity index (χ4n) is 6.85. The molecule has 3 aromatic carbocycles. The Hall–Kier alpha value is -5.98. The molecule has 3 aromatic rings. The minimum Gasteiger partial charge on any atom is -0.508 e. The number of nitrogens with zero attached hydrogens (tertiary/aromatic N) is 2. The Balaban J connectivity index is 1.20. The van der Waals surface area contributed by atoms with Gasteiger partial charge in [-0.1, -0.05) is 30.3 Å². The maximum absolute atomic E-state index is 13.1. The lowest BCUT2D eigenvalue weighted by Gasteiger charge is -2.26. The number of fused-ring (bicyclic) bond motifs is 2. The second-order valence-electron chi connectivity index (χ2n) is 13.6. The molecular formula is C45H53N4O8+. The van der Waals surface area contributed by atoms with Crippen LogP contribution in [0.25, 0.3) is 39.5 Å². The van der Waals surface area contributed by atoms with Gasteiger partial charge in [0.25, 0.3) is 0 Å². The number of benzene rings is 4. The Morgan fingerprint density at radius 2 is 1.51 bits per heavy atom. The van der Waals surface area contributed by atoms with Crippen LogP contribution in [0.2, 0.25) is 0 Å². The molecule has 1 aliphatic carbocycles. The minimum atomic E-state index is -1.00. The molecule has 0 atom stereocenters. The first-order valence-corrected chi connectivity index (χ1v) is 19.4. The molecule has 4 N–H and O–H groups in total. The number of aryl methyl sites for hydroxylation is 2. The Kier molecular flexibility index (Phi) is 15.0. The van der Waals surface area contributed by atoms with Crippen LogP contribution in [0.3, 0.4) is 0 Å². The van der Waals surface area contributed by atoms with E-state index in [4.69, 9.17) is 13.9 Å². The zero-order valence-corrected chi connectivity index (χ0v) is 33.4. The first-order chi connectivity index (χ1) is 27.5. The van der Waals surface area contributed by atoms with Gasteiger partial charge < -0.3 is 39.6 Å². The van der Waals surface area contributed by atoms with Gasteiger partial charge in [0.15, 0.2) is 0 Å². The molecule has 5 rings (SSSR count). The van der Waals surface area contributed by atoms with E-state index in [0.29, 0.717) is 63.0 Å². The third kappa shape index (κ3) is 10.9. The number of hydrogen-bond donors (Lipinski definition) is 4. The van der Waals surface area contributed by atoms with Crippen molar-refractivity contribution in [3.63, 3.8) is 0 Å². The molecule has 0 radical (unpaired) electrons. The molecule has 300 valence electrons. The highest BCUT2D eigenvalue weighted by atomic mass is 16.5. The summed E-state index contributed by atoms with van der Waals surface area (Å²) in [5.41, 5.74) is 6.67. The van der Waals surface area contributed by atoms with Crippen LogP contribution in [-0.4, -0.2) is 93.7 Å². The maximum Gasteiger partial charge on any atom is 0.336 e. The summed E-state index contributed by atoms with van der Waals surface area (Å²) in [5, 5.41) is 27.1. The zero-order chi connectivity index (χ0) is 40.9. The summed E-state index contributed by atoms with van der Waals surface area (Å²) in [6, 6.07) is 21.7. The second kappa shape index (κ2) is 20.3. The number of phenols is 1. The molecule has 2 amide bonds. The van der Waals surface area contributed by atoms with E-state index < -0.39 is 5.97 Å². The summed E-state index contributed by atoms with van der Waals surface area (Å²) in [5.74, 6) is -0.589. The van der Waals surface area contributed by atoms with E-state index in [9.17, 15) is 24.6 Å². The van der Waals surface area contributed by atoms with Gasteiger partial charge >= 0.3 is 5.97 Å². The highest BCUT2D eigenvalue weighted by Gasteiger charge is 2.25. The average Bonchev–Trinajstić information content (AvgIpc) is 3.20. The van der Waals surface area contributed by atoms with E-state index in [1.54, 1.807) is 42.5 Å². The van der Waals surface area contributed by atoms with E-state index in [1.807, 2.05) is 49.1 Å². The van der Waals surface area contributed by atoms with Gasteiger partial charge in [0, 0.05) is 59.5 Å². The molecule has 2 aliphatic rings. The first-order valence-electron chi connectivity index (χ1n) is 19.4. The van der Waals surface area contributed by atoms with Gasteiger partial charge in [-0.2, -0.15) is 0 Å². The van der Waals surface area contributed by atoms with Crippen molar-refractivity contribution in [1.82, 2.24) is 15.2 Å². The van der Waals surface area contributed by atoms with Crippen LogP contribution in [-0.2, 0) is 19.1 Å². The number of amides is 2. The lowest BCUT2D eigenvalue weighted by atomic mass is 9.89. The number of aromatic hydroxyl groups is 1. The second-order valence-corrected chi connectivity index (χ2v) is 13.6. The third-order valence-electron chi connectivity index (χ3n) is 9.75. The summed E-state index contributed by atoms with van der Waals surface area (Å²) in [6.07, 6.45) is 3.09. The van der Waals surface area contributed by atoms with Crippen LogP contribution in [0.1, 0.15) is 47.8 Å². The van der Waals surface area contributed by atoms with E-state index in [2.05, 4.69) is 42.0 Å². The van der Waals surface area contributed by atoms with Crippen molar-refractivity contribution in [2.45, 2.75) is 34.6 Å². The largest absolute Gasteiger partial charge is 0.508 e. The highest BCUT2D eigenvalue weighted by molar-refractivity contribution is 6.08. The number of carboxylic acid groups (broad SMARTS) is 1. The number of carbonyl (C=O) groups excluding carboxylic acids is 2. The monoisotopic (exact) mass is 777 g/mol. The summed E-state index contributed by atoms with van der Waals surface area (Å²) < 4.78 is 20.1. The zero-order valence-electron chi connectivity index (χ0n) is 33.4. The van der Waals surface area contributed by atoms with Gasteiger partial charge in [0.1, 0.15) is 30.2 Å².